The normalized spacial score (nSPS) is 12.2. The fourth-order valence-corrected chi connectivity index (χ4v) is 2.41. The minimum atomic E-state index is -0.720. The van der Waals surface area contributed by atoms with Gasteiger partial charge in [0.25, 0.3) is 0 Å². The van der Waals surface area contributed by atoms with Crippen LogP contribution in [-0.4, -0.2) is 12.2 Å². The van der Waals surface area contributed by atoms with E-state index in [1.54, 1.807) is 13.0 Å². The first-order valence-corrected chi connectivity index (χ1v) is 6.78. The molecule has 20 heavy (non-hydrogen) atoms. The summed E-state index contributed by atoms with van der Waals surface area (Å²) in [6.07, 6.45) is -0.720. The lowest BCUT2D eigenvalue weighted by Gasteiger charge is -2.24. The molecule has 0 spiro atoms. The van der Waals surface area contributed by atoms with E-state index in [2.05, 4.69) is 0 Å². The van der Waals surface area contributed by atoms with Crippen molar-refractivity contribution in [2.75, 3.05) is 11.9 Å². The van der Waals surface area contributed by atoms with Gasteiger partial charge >= 0.3 is 0 Å². The zero-order valence-corrected chi connectivity index (χ0v) is 12.2. The van der Waals surface area contributed by atoms with E-state index in [1.807, 2.05) is 36.2 Å². The highest BCUT2D eigenvalue weighted by Gasteiger charge is 2.13. The molecule has 2 nitrogen and oxygen atoms in total. The Kier molecular flexibility index (Phi) is 4.63. The smallest absolute Gasteiger partial charge is 0.123 e. The second kappa shape index (κ2) is 6.25. The van der Waals surface area contributed by atoms with E-state index in [-0.39, 0.29) is 5.82 Å². The Hall–Kier alpha value is -1.58. The van der Waals surface area contributed by atoms with Crippen LogP contribution in [0.25, 0.3) is 0 Å². The number of hydrogen-bond acceptors (Lipinski definition) is 2. The molecule has 0 fully saturated rings. The summed E-state index contributed by atoms with van der Waals surface area (Å²) in [4.78, 5) is 1.97. The van der Waals surface area contributed by atoms with Crippen molar-refractivity contribution in [1.29, 1.82) is 0 Å². The van der Waals surface area contributed by atoms with E-state index >= 15 is 0 Å². The number of rotatable bonds is 4. The summed E-state index contributed by atoms with van der Waals surface area (Å²) in [6.45, 7) is 2.26. The highest BCUT2D eigenvalue weighted by Crippen LogP contribution is 2.27. The zero-order valence-electron chi connectivity index (χ0n) is 11.5. The van der Waals surface area contributed by atoms with Gasteiger partial charge in [-0.15, -0.1) is 0 Å². The van der Waals surface area contributed by atoms with Crippen molar-refractivity contribution >= 4 is 17.3 Å². The van der Waals surface area contributed by atoms with Crippen LogP contribution >= 0.6 is 11.6 Å². The predicted octanol–water partition coefficient (Wildman–Crippen LogP) is 4.17. The van der Waals surface area contributed by atoms with Gasteiger partial charge in [0.05, 0.1) is 6.10 Å². The van der Waals surface area contributed by atoms with Gasteiger partial charge in [-0.2, -0.15) is 0 Å². The summed E-state index contributed by atoms with van der Waals surface area (Å²) in [5.41, 5.74) is 2.44. The van der Waals surface area contributed by atoms with Crippen LogP contribution in [0, 0.1) is 5.82 Å². The molecule has 0 amide bonds. The van der Waals surface area contributed by atoms with Crippen LogP contribution in [-0.2, 0) is 6.54 Å². The fourth-order valence-electron chi connectivity index (χ4n) is 2.20. The van der Waals surface area contributed by atoms with Crippen molar-refractivity contribution in [2.45, 2.75) is 19.6 Å². The second-order valence-electron chi connectivity index (χ2n) is 4.87. The van der Waals surface area contributed by atoms with Crippen LogP contribution in [0.3, 0.4) is 0 Å². The monoisotopic (exact) mass is 293 g/mol. The largest absolute Gasteiger partial charge is 0.389 e. The molecule has 0 heterocycles. The summed E-state index contributed by atoms with van der Waals surface area (Å²) in [5.74, 6) is -0.346. The van der Waals surface area contributed by atoms with E-state index in [9.17, 15) is 9.50 Å². The Morgan fingerprint density at radius 1 is 1.25 bits per heavy atom. The number of aliphatic hydroxyl groups is 1. The first-order valence-electron chi connectivity index (χ1n) is 6.40. The van der Waals surface area contributed by atoms with Crippen molar-refractivity contribution in [3.05, 3.63) is 64.4 Å². The summed E-state index contributed by atoms with van der Waals surface area (Å²) < 4.78 is 13.3. The number of anilines is 1. The van der Waals surface area contributed by atoms with Gasteiger partial charge in [-0.1, -0.05) is 23.7 Å². The van der Waals surface area contributed by atoms with E-state index in [1.165, 1.54) is 12.1 Å². The maximum absolute atomic E-state index is 13.3. The molecular formula is C16H17ClFNO. The quantitative estimate of drug-likeness (QED) is 0.914. The average Bonchev–Trinajstić information content (AvgIpc) is 2.38. The molecule has 1 atom stereocenters. The molecule has 4 heteroatoms. The predicted molar refractivity (Wildman–Crippen MR) is 80.6 cm³/mol. The van der Waals surface area contributed by atoms with Gasteiger partial charge in [0.1, 0.15) is 5.82 Å². The lowest BCUT2D eigenvalue weighted by Crippen LogP contribution is -2.18. The van der Waals surface area contributed by atoms with Crippen LogP contribution in [0.15, 0.2) is 42.5 Å². The van der Waals surface area contributed by atoms with Crippen molar-refractivity contribution < 1.29 is 9.50 Å². The molecule has 2 rings (SSSR count). The third kappa shape index (κ3) is 3.50. The minimum Gasteiger partial charge on any atom is -0.389 e. The summed E-state index contributed by atoms with van der Waals surface area (Å²) in [5, 5.41) is 10.5. The molecule has 0 bridgehead atoms. The first kappa shape index (κ1) is 14.8. The third-order valence-corrected chi connectivity index (χ3v) is 3.39. The fraction of sp³-hybridized carbons (Fsp3) is 0.250. The van der Waals surface area contributed by atoms with Crippen molar-refractivity contribution in [1.82, 2.24) is 0 Å². The Morgan fingerprint density at radius 2 is 2.00 bits per heavy atom. The van der Waals surface area contributed by atoms with Crippen LogP contribution in [0.2, 0.25) is 5.02 Å². The second-order valence-corrected chi connectivity index (χ2v) is 5.30. The Bertz CT molecular complexity index is 601. The van der Waals surface area contributed by atoms with E-state index in [0.717, 1.165) is 11.3 Å². The molecule has 0 aliphatic carbocycles. The molecule has 2 aromatic rings. The molecule has 106 valence electrons. The van der Waals surface area contributed by atoms with E-state index in [0.29, 0.717) is 17.1 Å². The number of hydrogen-bond donors (Lipinski definition) is 1. The van der Waals surface area contributed by atoms with Gasteiger partial charge in [-0.25, -0.2) is 4.39 Å². The van der Waals surface area contributed by atoms with Gasteiger partial charge in [0.2, 0.25) is 0 Å². The third-order valence-electron chi connectivity index (χ3n) is 3.16. The lowest BCUT2D eigenvalue weighted by molar-refractivity contribution is 0.199. The molecule has 0 saturated carbocycles. The average molecular weight is 294 g/mol. The van der Waals surface area contributed by atoms with Gasteiger partial charge in [0.15, 0.2) is 0 Å². The Balaban J connectivity index is 2.27. The Labute approximate surface area is 123 Å². The summed E-state index contributed by atoms with van der Waals surface area (Å²) >= 11 is 5.97. The molecule has 2 aromatic carbocycles. The van der Waals surface area contributed by atoms with Crippen LogP contribution in [0.1, 0.15) is 24.2 Å². The number of halogens is 2. The number of benzene rings is 2. The molecule has 0 aromatic heterocycles. The summed E-state index contributed by atoms with van der Waals surface area (Å²) in [6, 6.07) is 12.0. The molecule has 0 aliphatic heterocycles. The molecule has 0 radical (unpaired) electrons. The van der Waals surface area contributed by atoms with E-state index < -0.39 is 6.10 Å². The van der Waals surface area contributed by atoms with Gasteiger partial charge in [-0.3, -0.25) is 0 Å². The lowest BCUT2D eigenvalue weighted by atomic mass is 10.1. The Morgan fingerprint density at radius 3 is 2.65 bits per heavy atom. The summed E-state index contributed by atoms with van der Waals surface area (Å²) in [7, 11) is 1.90. The zero-order chi connectivity index (χ0) is 14.7. The maximum atomic E-state index is 13.3. The molecule has 0 unspecified atom stereocenters. The van der Waals surface area contributed by atoms with Crippen LogP contribution in [0.4, 0.5) is 10.1 Å². The molecule has 1 N–H and O–H groups in total. The van der Waals surface area contributed by atoms with Gasteiger partial charge in [-0.05, 0) is 42.8 Å². The highest BCUT2D eigenvalue weighted by atomic mass is 35.5. The van der Waals surface area contributed by atoms with Crippen molar-refractivity contribution in [2.24, 2.45) is 0 Å². The molecule has 0 aliphatic rings. The van der Waals surface area contributed by atoms with Gasteiger partial charge < -0.3 is 10.0 Å². The van der Waals surface area contributed by atoms with Crippen LogP contribution < -0.4 is 4.90 Å². The van der Waals surface area contributed by atoms with Crippen LogP contribution in [0.5, 0.6) is 0 Å². The minimum absolute atomic E-state index is 0.346. The number of nitrogens with zero attached hydrogens (tertiary/aromatic N) is 1. The first-order chi connectivity index (χ1) is 9.47. The number of aliphatic hydroxyl groups excluding tert-OH is 1. The highest BCUT2D eigenvalue weighted by molar-refractivity contribution is 6.30. The van der Waals surface area contributed by atoms with Gasteiger partial charge in [0, 0.05) is 29.9 Å². The maximum Gasteiger partial charge on any atom is 0.123 e. The van der Waals surface area contributed by atoms with Crippen molar-refractivity contribution in [3.63, 3.8) is 0 Å². The van der Waals surface area contributed by atoms with E-state index in [4.69, 9.17) is 11.6 Å². The molecular weight excluding hydrogens is 277 g/mol. The SMILES string of the molecule is C[C@H](O)c1cc(F)ccc1N(C)Cc1cccc(Cl)c1. The van der Waals surface area contributed by atoms with Crippen molar-refractivity contribution in [3.8, 4) is 0 Å². The standard InChI is InChI=1S/C16H17ClFNO/c1-11(20)15-9-14(18)6-7-16(15)19(2)10-12-4-3-5-13(17)8-12/h3-9,11,20H,10H2,1-2H3/t11-/m0/s1. The topological polar surface area (TPSA) is 23.5 Å². The molecule has 0 saturated heterocycles.